The Bertz CT molecular complexity index is 1080. The number of halogens is 2. The minimum absolute atomic E-state index is 0.0109. The number of nitro groups is 1. The number of hydrogen-bond acceptors (Lipinski definition) is 8. The summed E-state index contributed by atoms with van der Waals surface area (Å²) < 4.78 is 14.4. The summed E-state index contributed by atoms with van der Waals surface area (Å²) in [5.41, 5.74) is 0.859. The number of hydrogen-bond donors (Lipinski definition) is 0. The molecular formula is C17H19Cl2N7O4. The summed E-state index contributed by atoms with van der Waals surface area (Å²) in [6.07, 6.45) is 3.77. The van der Waals surface area contributed by atoms with Crippen LogP contribution in [0.4, 0.5) is 5.69 Å². The first-order valence-electron chi connectivity index (χ1n) is 9.44. The number of aryl methyl sites for hydroxylation is 1. The van der Waals surface area contributed by atoms with Crippen molar-refractivity contribution in [2.45, 2.75) is 38.8 Å². The van der Waals surface area contributed by atoms with Gasteiger partial charge in [-0.15, -0.1) is 5.10 Å². The molecule has 30 heavy (non-hydrogen) atoms. The number of nitrogens with zero attached hydrogens (tertiary/aromatic N) is 7. The van der Waals surface area contributed by atoms with Crippen LogP contribution < -0.4 is 4.74 Å². The first-order chi connectivity index (χ1) is 14.5. The van der Waals surface area contributed by atoms with E-state index >= 15 is 0 Å². The molecule has 0 N–H and O–H groups in total. The molecule has 1 fully saturated rings. The van der Waals surface area contributed by atoms with Crippen molar-refractivity contribution in [3.8, 4) is 5.88 Å². The summed E-state index contributed by atoms with van der Waals surface area (Å²) >= 11 is 12.0. The van der Waals surface area contributed by atoms with Gasteiger partial charge in [-0.3, -0.25) is 14.8 Å². The van der Waals surface area contributed by atoms with Gasteiger partial charge < -0.3 is 9.47 Å². The van der Waals surface area contributed by atoms with Crippen LogP contribution in [-0.4, -0.2) is 54.3 Å². The predicted molar refractivity (Wildman–Crippen MR) is 108 cm³/mol. The average Bonchev–Trinajstić information content (AvgIpc) is 3.22. The molecular weight excluding hydrogens is 437 g/mol. The molecule has 1 unspecified atom stereocenters. The normalized spacial score (nSPS) is 16.8. The van der Waals surface area contributed by atoms with Crippen LogP contribution in [0, 0.1) is 17.0 Å². The topological polar surface area (TPSA) is 123 Å². The second kappa shape index (κ2) is 8.70. The summed E-state index contributed by atoms with van der Waals surface area (Å²) in [5, 5.41) is 21.1. The van der Waals surface area contributed by atoms with Crippen LogP contribution in [0.25, 0.3) is 11.0 Å². The van der Waals surface area contributed by atoms with Gasteiger partial charge in [-0.25, -0.2) is 9.67 Å². The van der Waals surface area contributed by atoms with Crippen molar-refractivity contribution in [3.05, 3.63) is 32.4 Å². The highest BCUT2D eigenvalue weighted by Gasteiger charge is 2.30. The van der Waals surface area contributed by atoms with Gasteiger partial charge in [-0.2, -0.15) is 10.1 Å². The monoisotopic (exact) mass is 455 g/mol. The van der Waals surface area contributed by atoms with Gasteiger partial charge in [0.15, 0.2) is 10.8 Å². The van der Waals surface area contributed by atoms with E-state index in [1.807, 2.05) is 0 Å². The van der Waals surface area contributed by atoms with Crippen molar-refractivity contribution in [2.75, 3.05) is 19.8 Å². The highest BCUT2D eigenvalue weighted by atomic mass is 35.5. The number of rotatable bonds is 7. The molecule has 0 amide bonds. The SMILES string of the molecule is Cc1c([N+](=O)[O-])c(OCCCn2nc(Cl)c3cnc(Cl)nc32)nn1C1CCCOC1. The predicted octanol–water partition coefficient (Wildman–Crippen LogP) is 3.37. The summed E-state index contributed by atoms with van der Waals surface area (Å²) in [6.45, 7) is 3.49. The molecule has 0 saturated carbocycles. The molecule has 0 radical (unpaired) electrons. The number of fused-ring (bicyclic) bond motifs is 1. The Morgan fingerprint density at radius 2 is 2.23 bits per heavy atom. The van der Waals surface area contributed by atoms with Crippen molar-refractivity contribution in [3.63, 3.8) is 0 Å². The molecule has 1 aliphatic rings. The Balaban J connectivity index is 1.45. The summed E-state index contributed by atoms with van der Waals surface area (Å²) in [6, 6.07) is -0.0307. The van der Waals surface area contributed by atoms with Crippen LogP contribution in [-0.2, 0) is 11.3 Å². The summed E-state index contributed by atoms with van der Waals surface area (Å²) in [5.74, 6) is 0.0109. The quantitative estimate of drug-likeness (QED) is 0.230. The lowest BCUT2D eigenvalue weighted by atomic mass is 10.1. The molecule has 1 saturated heterocycles. The van der Waals surface area contributed by atoms with Crippen molar-refractivity contribution >= 4 is 39.9 Å². The second-order valence-electron chi connectivity index (χ2n) is 6.90. The minimum Gasteiger partial charge on any atom is -0.472 e. The first-order valence-corrected chi connectivity index (χ1v) is 10.2. The van der Waals surface area contributed by atoms with Gasteiger partial charge in [0.2, 0.25) is 5.28 Å². The van der Waals surface area contributed by atoms with Crippen LogP contribution >= 0.6 is 23.2 Å². The van der Waals surface area contributed by atoms with Crippen LogP contribution in [0.3, 0.4) is 0 Å². The van der Waals surface area contributed by atoms with E-state index in [2.05, 4.69) is 20.2 Å². The van der Waals surface area contributed by atoms with Crippen molar-refractivity contribution in [1.82, 2.24) is 29.5 Å². The van der Waals surface area contributed by atoms with Crippen molar-refractivity contribution in [2.24, 2.45) is 0 Å². The molecule has 0 aliphatic carbocycles. The highest BCUT2D eigenvalue weighted by molar-refractivity contribution is 6.34. The standard InChI is InChI=1S/C17H19Cl2N7O4/c1-10-13(26(27)28)16(23-25(10)11-4-2-6-29-9-11)30-7-3-5-24-15-12(14(18)22-24)8-20-17(19)21-15/h8,11H,2-7,9H2,1H3. The van der Waals surface area contributed by atoms with E-state index in [-0.39, 0.29) is 34.7 Å². The molecule has 1 aliphatic heterocycles. The molecule has 0 spiro atoms. The van der Waals surface area contributed by atoms with E-state index in [0.717, 1.165) is 12.8 Å². The van der Waals surface area contributed by atoms with Crippen LogP contribution in [0.5, 0.6) is 5.88 Å². The van der Waals surface area contributed by atoms with E-state index < -0.39 is 4.92 Å². The second-order valence-corrected chi connectivity index (χ2v) is 7.60. The Morgan fingerprint density at radius 1 is 1.40 bits per heavy atom. The van der Waals surface area contributed by atoms with Crippen LogP contribution in [0.1, 0.15) is 31.0 Å². The van der Waals surface area contributed by atoms with Gasteiger partial charge in [-0.1, -0.05) is 11.6 Å². The lowest BCUT2D eigenvalue weighted by Crippen LogP contribution is -2.23. The third-order valence-electron chi connectivity index (χ3n) is 4.92. The van der Waals surface area contributed by atoms with Gasteiger partial charge in [0.1, 0.15) is 5.69 Å². The molecule has 0 aromatic carbocycles. The average molecular weight is 456 g/mol. The van der Waals surface area contributed by atoms with Crippen LogP contribution in [0.15, 0.2) is 6.20 Å². The molecule has 160 valence electrons. The number of ether oxygens (including phenoxy) is 2. The Labute approximate surface area is 181 Å². The molecule has 3 aromatic heterocycles. The Hall–Kier alpha value is -2.50. The van der Waals surface area contributed by atoms with E-state index in [1.54, 1.807) is 16.3 Å². The summed E-state index contributed by atoms with van der Waals surface area (Å²) in [4.78, 5) is 19.2. The molecule has 13 heteroatoms. The fraction of sp³-hybridized carbons (Fsp3) is 0.529. The fourth-order valence-electron chi connectivity index (χ4n) is 3.50. The lowest BCUT2D eigenvalue weighted by Gasteiger charge is -2.22. The summed E-state index contributed by atoms with van der Waals surface area (Å²) in [7, 11) is 0. The Morgan fingerprint density at radius 3 is 2.97 bits per heavy atom. The van der Waals surface area contributed by atoms with Gasteiger partial charge in [0, 0.05) is 25.8 Å². The zero-order valence-corrected chi connectivity index (χ0v) is 17.6. The van der Waals surface area contributed by atoms with Crippen molar-refractivity contribution < 1.29 is 14.4 Å². The minimum atomic E-state index is -0.461. The van der Waals surface area contributed by atoms with Gasteiger partial charge in [-0.05, 0) is 31.4 Å². The van der Waals surface area contributed by atoms with Gasteiger partial charge >= 0.3 is 11.6 Å². The zero-order chi connectivity index (χ0) is 21.3. The van der Waals surface area contributed by atoms with Crippen molar-refractivity contribution in [1.29, 1.82) is 0 Å². The van der Waals surface area contributed by atoms with Gasteiger partial charge in [0.25, 0.3) is 0 Å². The lowest BCUT2D eigenvalue weighted by molar-refractivity contribution is -0.386. The first kappa shape index (κ1) is 20.8. The third kappa shape index (κ3) is 4.05. The van der Waals surface area contributed by atoms with E-state index in [4.69, 9.17) is 32.7 Å². The molecule has 1 atom stereocenters. The maximum atomic E-state index is 11.6. The van der Waals surface area contributed by atoms with E-state index in [9.17, 15) is 10.1 Å². The Kier molecular flexibility index (Phi) is 6.02. The molecule has 4 heterocycles. The smallest absolute Gasteiger partial charge is 0.352 e. The molecule has 3 aromatic rings. The molecule has 11 nitrogen and oxygen atoms in total. The zero-order valence-electron chi connectivity index (χ0n) is 16.1. The van der Waals surface area contributed by atoms with Crippen LogP contribution in [0.2, 0.25) is 10.4 Å². The highest BCUT2D eigenvalue weighted by Crippen LogP contribution is 2.33. The maximum absolute atomic E-state index is 11.6. The maximum Gasteiger partial charge on any atom is 0.352 e. The molecule has 4 rings (SSSR count). The van der Waals surface area contributed by atoms with E-state index in [1.165, 1.54) is 6.20 Å². The van der Waals surface area contributed by atoms with Gasteiger partial charge in [0.05, 0.1) is 29.6 Å². The molecule has 0 bridgehead atoms. The fourth-order valence-corrected chi connectivity index (χ4v) is 3.86. The third-order valence-corrected chi connectivity index (χ3v) is 5.38. The number of aromatic nitrogens is 6. The van der Waals surface area contributed by atoms with E-state index in [0.29, 0.717) is 42.9 Å². The largest absolute Gasteiger partial charge is 0.472 e.